The van der Waals surface area contributed by atoms with E-state index in [-0.39, 0.29) is 5.91 Å². The minimum absolute atomic E-state index is 0.214. The molecule has 0 bridgehead atoms. The van der Waals surface area contributed by atoms with Crippen LogP contribution in [0, 0.1) is 11.8 Å². The maximum Gasteiger partial charge on any atom is 0.226 e. The summed E-state index contributed by atoms with van der Waals surface area (Å²) >= 11 is 0. The first-order valence-corrected chi connectivity index (χ1v) is 8.28. The van der Waals surface area contributed by atoms with Crippen LogP contribution in [0.2, 0.25) is 0 Å². The van der Waals surface area contributed by atoms with Crippen molar-refractivity contribution < 1.29 is 9.53 Å². The van der Waals surface area contributed by atoms with Gasteiger partial charge in [-0.15, -0.1) is 0 Å². The molecule has 4 heteroatoms. The van der Waals surface area contributed by atoms with E-state index in [2.05, 4.69) is 13.8 Å². The molecule has 1 aromatic rings. The maximum atomic E-state index is 12.3. The van der Waals surface area contributed by atoms with Crippen LogP contribution in [0.3, 0.4) is 0 Å². The molecule has 1 aromatic carbocycles. The van der Waals surface area contributed by atoms with Crippen LogP contribution in [0.5, 0.6) is 5.75 Å². The van der Waals surface area contributed by atoms with Gasteiger partial charge in [0.1, 0.15) is 5.75 Å². The van der Waals surface area contributed by atoms with Crippen molar-refractivity contribution in [2.75, 3.05) is 26.2 Å². The third-order valence-electron chi connectivity index (χ3n) is 4.16. The van der Waals surface area contributed by atoms with Crippen LogP contribution in [0.4, 0.5) is 0 Å². The number of rotatable bonds is 6. The molecule has 1 saturated heterocycles. The lowest BCUT2D eigenvalue weighted by atomic mass is 9.96. The Balaban J connectivity index is 1.81. The molecule has 1 heterocycles. The van der Waals surface area contributed by atoms with Crippen LogP contribution in [-0.2, 0) is 11.2 Å². The normalized spacial score (nSPS) is 16.1. The fraction of sp³-hybridized carbons (Fsp3) is 0.611. The van der Waals surface area contributed by atoms with Gasteiger partial charge >= 0.3 is 0 Å². The van der Waals surface area contributed by atoms with Crippen molar-refractivity contribution in [3.8, 4) is 5.75 Å². The van der Waals surface area contributed by atoms with Crippen LogP contribution >= 0.6 is 0 Å². The quantitative estimate of drug-likeness (QED) is 0.878. The predicted octanol–water partition coefficient (Wildman–Crippen LogP) is 2.46. The highest BCUT2D eigenvalue weighted by Gasteiger charge is 2.21. The number of ether oxygens (including phenoxy) is 1. The van der Waals surface area contributed by atoms with Gasteiger partial charge < -0.3 is 15.4 Å². The second-order valence-corrected chi connectivity index (χ2v) is 6.59. The smallest absolute Gasteiger partial charge is 0.226 e. The van der Waals surface area contributed by atoms with Gasteiger partial charge in [-0.1, -0.05) is 26.0 Å². The Morgan fingerprint density at radius 3 is 2.45 bits per heavy atom. The molecule has 0 spiro atoms. The van der Waals surface area contributed by atoms with Gasteiger partial charge in [0.05, 0.1) is 13.0 Å². The van der Waals surface area contributed by atoms with Crippen molar-refractivity contribution in [2.24, 2.45) is 17.6 Å². The Kier molecular flexibility index (Phi) is 6.25. The molecule has 0 aliphatic carbocycles. The largest absolute Gasteiger partial charge is 0.493 e. The number of nitrogens with two attached hydrogens (primary N) is 1. The molecule has 122 valence electrons. The van der Waals surface area contributed by atoms with Gasteiger partial charge in [0.2, 0.25) is 5.91 Å². The molecule has 0 unspecified atom stereocenters. The maximum absolute atomic E-state index is 12.3. The molecule has 0 atom stereocenters. The summed E-state index contributed by atoms with van der Waals surface area (Å²) in [4.78, 5) is 14.3. The Bertz CT molecular complexity index is 462. The highest BCUT2D eigenvalue weighted by atomic mass is 16.5. The zero-order valence-corrected chi connectivity index (χ0v) is 13.8. The standard InChI is InChI=1S/C18H28N2O2/c1-14(2)13-22-17-5-3-15(4-6-17)11-18(21)20-9-7-16(12-19)8-10-20/h3-6,14,16H,7-13,19H2,1-2H3. The number of carbonyl (C=O) groups is 1. The van der Waals surface area contributed by atoms with E-state index in [1.54, 1.807) is 0 Å². The van der Waals surface area contributed by atoms with E-state index in [1.807, 2.05) is 29.2 Å². The van der Waals surface area contributed by atoms with E-state index >= 15 is 0 Å². The van der Waals surface area contributed by atoms with Crippen LogP contribution in [0.15, 0.2) is 24.3 Å². The summed E-state index contributed by atoms with van der Waals surface area (Å²) in [5, 5.41) is 0. The van der Waals surface area contributed by atoms with Crippen LogP contribution in [0.25, 0.3) is 0 Å². The molecular formula is C18H28N2O2. The first kappa shape index (κ1) is 16.8. The average molecular weight is 304 g/mol. The van der Waals surface area contributed by atoms with Crippen LogP contribution in [0.1, 0.15) is 32.3 Å². The summed E-state index contributed by atoms with van der Waals surface area (Å²) in [5.41, 5.74) is 6.73. The Morgan fingerprint density at radius 2 is 1.91 bits per heavy atom. The van der Waals surface area contributed by atoms with Gasteiger partial charge in [-0.25, -0.2) is 0 Å². The SMILES string of the molecule is CC(C)COc1ccc(CC(=O)N2CCC(CN)CC2)cc1. The van der Waals surface area contributed by atoms with Gasteiger partial charge in [-0.3, -0.25) is 4.79 Å². The second-order valence-electron chi connectivity index (χ2n) is 6.59. The molecule has 1 aliphatic rings. The first-order chi connectivity index (χ1) is 10.6. The minimum atomic E-state index is 0.214. The van der Waals surface area contributed by atoms with E-state index < -0.39 is 0 Å². The summed E-state index contributed by atoms with van der Waals surface area (Å²) < 4.78 is 5.66. The van der Waals surface area contributed by atoms with Crippen molar-refractivity contribution in [1.82, 2.24) is 4.90 Å². The van der Waals surface area contributed by atoms with Crippen molar-refractivity contribution in [1.29, 1.82) is 0 Å². The van der Waals surface area contributed by atoms with E-state index in [9.17, 15) is 4.79 Å². The molecule has 0 saturated carbocycles. The van der Waals surface area contributed by atoms with Gasteiger partial charge in [0, 0.05) is 13.1 Å². The molecule has 2 N–H and O–H groups in total. The van der Waals surface area contributed by atoms with Crippen molar-refractivity contribution >= 4 is 5.91 Å². The zero-order chi connectivity index (χ0) is 15.9. The van der Waals surface area contributed by atoms with Crippen LogP contribution < -0.4 is 10.5 Å². The Labute approximate surface area is 133 Å². The third kappa shape index (κ3) is 5.02. The fourth-order valence-electron chi connectivity index (χ4n) is 2.67. The van der Waals surface area contributed by atoms with Crippen molar-refractivity contribution in [3.63, 3.8) is 0 Å². The predicted molar refractivity (Wildman–Crippen MR) is 88.8 cm³/mol. The molecule has 1 aliphatic heterocycles. The summed E-state index contributed by atoms with van der Waals surface area (Å²) in [6.07, 6.45) is 2.53. The average Bonchev–Trinajstić information content (AvgIpc) is 2.54. The summed E-state index contributed by atoms with van der Waals surface area (Å²) in [7, 11) is 0. The molecule has 22 heavy (non-hydrogen) atoms. The fourth-order valence-corrected chi connectivity index (χ4v) is 2.67. The van der Waals surface area contributed by atoms with Crippen molar-refractivity contribution in [3.05, 3.63) is 29.8 Å². The van der Waals surface area contributed by atoms with E-state index in [4.69, 9.17) is 10.5 Å². The lowest BCUT2D eigenvalue weighted by molar-refractivity contribution is -0.131. The molecular weight excluding hydrogens is 276 g/mol. The van der Waals surface area contributed by atoms with E-state index in [0.717, 1.165) is 43.8 Å². The van der Waals surface area contributed by atoms with E-state index in [0.29, 0.717) is 24.9 Å². The number of amides is 1. The number of nitrogens with zero attached hydrogens (tertiary/aromatic N) is 1. The number of benzene rings is 1. The van der Waals surface area contributed by atoms with Crippen molar-refractivity contribution in [2.45, 2.75) is 33.1 Å². The molecule has 0 aromatic heterocycles. The molecule has 2 rings (SSSR count). The van der Waals surface area contributed by atoms with Gasteiger partial charge in [0.15, 0.2) is 0 Å². The third-order valence-corrected chi connectivity index (χ3v) is 4.16. The number of likely N-dealkylation sites (tertiary alicyclic amines) is 1. The summed E-state index contributed by atoms with van der Waals surface area (Å²) in [6, 6.07) is 7.87. The topological polar surface area (TPSA) is 55.6 Å². The number of hydrogen-bond acceptors (Lipinski definition) is 3. The number of piperidine rings is 1. The zero-order valence-electron chi connectivity index (χ0n) is 13.8. The Morgan fingerprint density at radius 1 is 1.27 bits per heavy atom. The van der Waals surface area contributed by atoms with Gasteiger partial charge in [-0.2, -0.15) is 0 Å². The van der Waals surface area contributed by atoms with Gasteiger partial charge in [0.25, 0.3) is 0 Å². The first-order valence-electron chi connectivity index (χ1n) is 8.28. The minimum Gasteiger partial charge on any atom is -0.493 e. The monoisotopic (exact) mass is 304 g/mol. The highest BCUT2D eigenvalue weighted by molar-refractivity contribution is 5.78. The lowest BCUT2D eigenvalue weighted by Crippen LogP contribution is -2.40. The summed E-state index contributed by atoms with van der Waals surface area (Å²) in [6.45, 7) is 7.39. The second kappa shape index (κ2) is 8.18. The molecule has 0 radical (unpaired) electrons. The van der Waals surface area contributed by atoms with E-state index in [1.165, 1.54) is 0 Å². The van der Waals surface area contributed by atoms with Crippen LogP contribution in [-0.4, -0.2) is 37.0 Å². The van der Waals surface area contributed by atoms with Gasteiger partial charge in [-0.05, 0) is 48.9 Å². The number of hydrogen-bond donors (Lipinski definition) is 1. The molecule has 1 fully saturated rings. The molecule has 4 nitrogen and oxygen atoms in total. The highest BCUT2D eigenvalue weighted by Crippen LogP contribution is 2.18. The summed E-state index contributed by atoms with van der Waals surface area (Å²) in [5.74, 6) is 2.18. The Hall–Kier alpha value is -1.55. The number of carbonyl (C=O) groups excluding carboxylic acids is 1. The molecule has 1 amide bonds. The lowest BCUT2D eigenvalue weighted by Gasteiger charge is -2.31.